The molecule has 3 heterocycles. The quantitative estimate of drug-likeness (QED) is 0.421. The van der Waals surface area contributed by atoms with Crippen LogP contribution < -0.4 is 5.32 Å². The molecule has 0 saturated carbocycles. The summed E-state index contributed by atoms with van der Waals surface area (Å²) in [6.07, 6.45) is 2.92. The van der Waals surface area contributed by atoms with Crippen LogP contribution in [0.3, 0.4) is 0 Å². The Labute approximate surface area is 161 Å². The Balaban J connectivity index is 0.00000208. The van der Waals surface area contributed by atoms with Crippen molar-refractivity contribution in [2.75, 3.05) is 59.9 Å². The highest BCUT2D eigenvalue weighted by Gasteiger charge is 2.23. The van der Waals surface area contributed by atoms with Gasteiger partial charge in [0.15, 0.2) is 5.96 Å². The van der Waals surface area contributed by atoms with Gasteiger partial charge in [-0.1, -0.05) is 5.16 Å². The summed E-state index contributed by atoms with van der Waals surface area (Å²) in [5.41, 5.74) is 1.01. The second-order valence-corrected chi connectivity index (χ2v) is 6.60. The Hall–Kier alpha value is -0.870. The predicted octanol–water partition coefficient (Wildman–Crippen LogP) is 0.937. The normalized spacial score (nSPS) is 23.3. The molecule has 1 N–H and O–H groups in total. The van der Waals surface area contributed by atoms with Gasteiger partial charge in [0.2, 0.25) is 0 Å². The molecule has 2 aliphatic rings. The first-order chi connectivity index (χ1) is 11.2. The first kappa shape index (κ1) is 19.5. The predicted molar refractivity (Wildman–Crippen MR) is 106 cm³/mol. The molecule has 2 fully saturated rings. The molecule has 24 heavy (non-hydrogen) atoms. The lowest BCUT2D eigenvalue weighted by atomic mass is 10.1. The number of piperazine rings is 1. The van der Waals surface area contributed by atoms with Crippen LogP contribution in [0.2, 0.25) is 0 Å². The number of rotatable bonds is 4. The van der Waals surface area contributed by atoms with E-state index in [2.05, 4.69) is 37.2 Å². The number of hydrogen-bond acceptors (Lipinski definition) is 5. The summed E-state index contributed by atoms with van der Waals surface area (Å²) in [5, 5.41) is 7.56. The molecule has 1 aromatic rings. The minimum Gasteiger partial charge on any atom is -0.364 e. The molecule has 0 radical (unpaired) electrons. The number of guanidine groups is 1. The zero-order chi connectivity index (χ0) is 16.1. The van der Waals surface area contributed by atoms with Gasteiger partial charge < -0.3 is 19.6 Å². The largest absolute Gasteiger partial charge is 0.364 e. The summed E-state index contributed by atoms with van der Waals surface area (Å²) in [6, 6.07) is 1.94. The number of nitrogens with one attached hydrogen (secondary N) is 1. The summed E-state index contributed by atoms with van der Waals surface area (Å²) in [7, 11) is 4.08. The third kappa shape index (κ3) is 5.32. The topological polar surface area (TPSA) is 60.1 Å². The molecule has 0 spiro atoms. The Morgan fingerprint density at radius 2 is 2.12 bits per heavy atom. The number of halogens is 1. The van der Waals surface area contributed by atoms with E-state index in [1.165, 1.54) is 19.5 Å². The second kappa shape index (κ2) is 9.57. The molecule has 0 amide bonds. The first-order valence-corrected chi connectivity index (χ1v) is 8.50. The number of likely N-dealkylation sites (tertiary alicyclic amines) is 1. The lowest BCUT2D eigenvalue weighted by molar-refractivity contribution is 0.168. The van der Waals surface area contributed by atoms with Crippen LogP contribution in [-0.2, 0) is 6.54 Å². The van der Waals surface area contributed by atoms with Crippen molar-refractivity contribution in [3.8, 4) is 0 Å². The van der Waals surface area contributed by atoms with Crippen molar-refractivity contribution < 1.29 is 4.52 Å². The van der Waals surface area contributed by atoms with Crippen LogP contribution in [0.15, 0.2) is 21.8 Å². The first-order valence-electron chi connectivity index (χ1n) is 8.50. The van der Waals surface area contributed by atoms with Crippen molar-refractivity contribution in [2.45, 2.75) is 13.0 Å². The van der Waals surface area contributed by atoms with Gasteiger partial charge in [-0.25, -0.2) is 0 Å². The zero-order valence-electron chi connectivity index (χ0n) is 14.6. The lowest BCUT2D eigenvalue weighted by Gasteiger charge is -2.36. The van der Waals surface area contributed by atoms with Gasteiger partial charge in [-0.2, -0.15) is 0 Å². The van der Waals surface area contributed by atoms with E-state index in [4.69, 9.17) is 4.52 Å². The van der Waals surface area contributed by atoms with Crippen LogP contribution in [0.1, 0.15) is 12.1 Å². The van der Waals surface area contributed by atoms with Gasteiger partial charge in [0.25, 0.3) is 0 Å². The summed E-state index contributed by atoms with van der Waals surface area (Å²) >= 11 is 0. The van der Waals surface area contributed by atoms with E-state index >= 15 is 0 Å². The Kier molecular flexibility index (Phi) is 7.76. The summed E-state index contributed by atoms with van der Waals surface area (Å²) in [5.74, 6) is 1.78. The molecule has 0 bridgehead atoms. The van der Waals surface area contributed by atoms with Crippen LogP contribution in [-0.4, -0.2) is 85.7 Å². The van der Waals surface area contributed by atoms with E-state index in [0.717, 1.165) is 56.8 Å². The average Bonchev–Trinajstić information content (AvgIpc) is 3.21. The monoisotopic (exact) mass is 448 g/mol. The maximum absolute atomic E-state index is 4.90. The summed E-state index contributed by atoms with van der Waals surface area (Å²) in [6.45, 7) is 8.35. The van der Waals surface area contributed by atoms with Crippen molar-refractivity contribution in [3.05, 3.63) is 18.0 Å². The van der Waals surface area contributed by atoms with E-state index in [1.807, 2.05) is 13.1 Å². The Morgan fingerprint density at radius 1 is 1.33 bits per heavy atom. The molecule has 2 aliphatic heterocycles. The van der Waals surface area contributed by atoms with Crippen molar-refractivity contribution in [1.29, 1.82) is 0 Å². The van der Waals surface area contributed by atoms with Gasteiger partial charge in [-0.05, 0) is 25.9 Å². The molecular weight excluding hydrogens is 419 g/mol. The molecule has 8 heteroatoms. The summed E-state index contributed by atoms with van der Waals surface area (Å²) in [4.78, 5) is 11.6. The van der Waals surface area contributed by atoms with Crippen LogP contribution in [0.5, 0.6) is 0 Å². The SMILES string of the molecule is CN=C(NCC1CCN(C)C1)N1CCN(Cc2ccon2)CC1.I. The highest BCUT2D eigenvalue weighted by atomic mass is 127. The third-order valence-corrected chi connectivity index (χ3v) is 4.80. The van der Waals surface area contributed by atoms with Gasteiger partial charge in [-0.3, -0.25) is 9.89 Å². The van der Waals surface area contributed by atoms with Crippen LogP contribution in [0, 0.1) is 5.92 Å². The number of nitrogens with zero attached hydrogens (tertiary/aromatic N) is 5. The standard InChI is InChI=1S/C16H28N6O.HI/c1-17-16(18-11-14-3-5-20(2)12-14)22-8-6-21(7-9-22)13-15-4-10-23-19-15;/h4,10,14H,3,5-9,11-13H2,1-2H3,(H,17,18);1H. The molecule has 0 aliphatic carbocycles. The van der Waals surface area contributed by atoms with Gasteiger partial charge in [-0.15, -0.1) is 24.0 Å². The molecular formula is C16H29IN6O. The third-order valence-electron chi connectivity index (χ3n) is 4.80. The van der Waals surface area contributed by atoms with Crippen molar-refractivity contribution >= 4 is 29.9 Å². The highest BCUT2D eigenvalue weighted by molar-refractivity contribution is 14.0. The van der Waals surface area contributed by atoms with E-state index in [0.29, 0.717) is 0 Å². The fraction of sp³-hybridized carbons (Fsp3) is 0.750. The van der Waals surface area contributed by atoms with Gasteiger partial charge in [0, 0.05) is 58.9 Å². The molecule has 0 aromatic carbocycles. The smallest absolute Gasteiger partial charge is 0.193 e. The molecule has 1 unspecified atom stereocenters. The maximum Gasteiger partial charge on any atom is 0.193 e. The van der Waals surface area contributed by atoms with Crippen LogP contribution in [0.4, 0.5) is 0 Å². The lowest BCUT2D eigenvalue weighted by Crippen LogP contribution is -2.52. The second-order valence-electron chi connectivity index (χ2n) is 6.60. The minimum atomic E-state index is 0. The van der Waals surface area contributed by atoms with Crippen molar-refractivity contribution in [1.82, 2.24) is 25.2 Å². The van der Waals surface area contributed by atoms with Gasteiger partial charge in [0.05, 0.1) is 5.69 Å². The number of aliphatic imine (C=N–C) groups is 1. The zero-order valence-corrected chi connectivity index (χ0v) is 17.0. The fourth-order valence-corrected chi connectivity index (χ4v) is 3.43. The van der Waals surface area contributed by atoms with E-state index in [-0.39, 0.29) is 24.0 Å². The number of hydrogen-bond donors (Lipinski definition) is 1. The molecule has 1 atom stereocenters. The van der Waals surface area contributed by atoms with Crippen LogP contribution >= 0.6 is 24.0 Å². The molecule has 136 valence electrons. The van der Waals surface area contributed by atoms with Crippen molar-refractivity contribution in [3.63, 3.8) is 0 Å². The molecule has 7 nitrogen and oxygen atoms in total. The Morgan fingerprint density at radius 3 is 2.71 bits per heavy atom. The molecule has 3 rings (SSSR count). The average molecular weight is 448 g/mol. The van der Waals surface area contributed by atoms with Crippen LogP contribution in [0.25, 0.3) is 0 Å². The van der Waals surface area contributed by atoms with E-state index in [9.17, 15) is 0 Å². The van der Waals surface area contributed by atoms with E-state index in [1.54, 1.807) is 6.26 Å². The fourth-order valence-electron chi connectivity index (χ4n) is 3.43. The van der Waals surface area contributed by atoms with Gasteiger partial charge >= 0.3 is 0 Å². The number of aromatic nitrogens is 1. The Bertz CT molecular complexity index is 501. The van der Waals surface area contributed by atoms with Gasteiger partial charge in [0.1, 0.15) is 6.26 Å². The highest BCUT2D eigenvalue weighted by Crippen LogP contribution is 2.13. The van der Waals surface area contributed by atoms with Crippen molar-refractivity contribution in [2.24, 2.45) is 10.9 Å². The maximum atomic E-state index is 4.90. The molecule has 2 saturated heterocycles. The minimum absolute atomic E-state index is 0. The van der Waals surface area contributed by atoms with E-state index < -0.39 is 0 Å². The molecule has 1 aromatic heterocycles. The summed E-state index contributed by atoms with van der Waals surface area (Å²) < 4.78 is 4.90.